The van der Waals surface area contributed by atoms with Crippen LogP contribution in [0.25, 0.3) is 0 Å². The molecule has 0 aliphatic carbocycles. The average molecular weight is 327 g/mol. The Balaban J connectivity index is 2.00. The predicted octanol–water partition coefficient (Wildman–Crippen LogP) is 3.62. The van der Waals surface area contributed by atoms with Crippen molar-refractivity contribution in [1.82, 2.24) is 20.2 Å². The first-order chi connectivity index (χ1) is 9.99. The van der Waals surface area contributed by atoms with Crippen LogP contribution in [-0.4, -0.2) is 27.9 Å². The summed E-state index contributed by atoms with van der Waals surface area (Å²) in [5.74, 6) is 0. The Kier molecular flexibility index (Phi) is 5.09. The van der Waals surface area contributed by atoms with Gasteiger partial charge in [0.15, 0.2) is 0 Å². The van der Waals surface area contributed by atoms with Crippen LogP contribution in [0.2, 0.25) is 10.0 Å². The molecule has 112 valence electrons. The third-order valence-corrected chi connectivity index (χ3v) is 3.93. The molecule has 0 saturated carbocycles. The number of halogens is 2. The highest BCUT2D eigenvalue weighted by molar-refractivity contribution is 6.42. The first kappa shape index (κ1) is 15.7. The first-order valence-corrected chi connectivity index (χ1v) is 7.17. The van der Waals surface area contributed by atoms with Crippen molar-refractivity contribution in [3.63, 3.8) is 0 Å². The molecule has 2 N–H and O–H groups in total. The van der Waals surface area contributed by atoms with E-state index in [1.54, 1.807) is 36.6 Å². The van der Waals surface area contributed by atoms with E-state index >= 15 is 0 Å². The number of carbonyl (C=O) groups excluding carboxylic acids is 1. The number of benzene rings is 1. The minimum Gasteiger partial charge on any atom is -0.347 e. The van der Waals surface area contributed by atoms with Gasteiger partial charge in [-0.25, -0.2) is 9.78 Å². The third-order valence-electron chi connectivity index (χ3n) is 3.10. The van der Waals surface area contributed by atoms with Crippen LogP contribution in [0.1, 0.15) is 24.2 Å². The van der Waals surface area contributed by atoms with Gasteiger partial charge in [-0.15, -0.1) is 0 Å². The molecule has 0 fully saturated rings. The Morgan fingerprint density at radius 3 is 2.90 bits per heavy atom. The fourth-order valence-electron chi connectivity index (χ4n) is 1.93. The van der Waals surface area contributed by atoms with Gasteiger partial charge in [0.25, 0.3) is 0 Å². The molecule has 1 aromatic heterocycles. The minimum absolute atomic E-state index is 0.201. The second kappa shape index (κ2) is 6.83. The number of carbonyl (C=O) groups is 1. The Bertz CT molecular complexity index is 615. The van der Waals surface area contributed by atoms with E-state index in [-0.39, 0.29) is 12.1 Å². The maximum atomic E-state index is 12.2. The Morgan fingerprint density at radius 1 is 1.48 bits per heavy atom. The van der Waals surface area contributed by atoms with Crippen LogP contribution in [0.3, 0.4) is 0 Å². The van der Waals surface area contributed by atoms with Gasteiger partial charge in [0.05, 0.1) is 34.7 Å². The van der Waals surface area contributed by atoms with E-state index in [1.165, 1.54) is 0 Å². The molecule has 2 rings (SSSR count). The van der Waals surface area contributed by atoms with Gasteiger partial charge in [0, 0.05) is 13.2 Å². The van der Waals surface area contributed by atoms with Gasteiger partial charge >= 0.3 is 6.03 Å². The summed E-state index contributed by atoms with van der Waals surface area (Å²) in [4.78, 5) is 20.6. The minimum atomic E-state index is -0.243. The molecule has 7 heteroatoms. The number of rotatable bonds is 4. The number of nitrogens with one attached hydrogen (secondary N) is 2. The van der Waals surface area contributed by atoms with Crippen LogP contribution >= 0.6 is 23.2 Å². The van der Waals surface area contributed by atoms with E-state index < -0.39 is 0 Å². The van der Waals surface area contributed by atoms with E-state index in [4.69, 9.17) is 23.2 Å². The van der Waals surface area contributed by atoms with Gasteiger partial charge in [-0.05, 0) is 18.6 Å². The number of imidazole rings is 1. The molecule has 0 bridgehead atoms. The monoisotopic (exact) mass is 326 g/mol. The predicted molar refractivity (Wildman–Crippen MR) is 83.5 cm³/mol. The summed E-state index contributed by atoms with van der Waals surface area (Å²) in [6, 6.07) is 4.92. The molecule has 0 radical (unpaired) electrons. The highest BCUT2D eigenvalue weighted by Crippen LogP contribution is 2.29. The second-order valence-electron chi connectivity index (χ2n) is 4.75. The Morgan fingerprint density at radius 2 is 2.24 bits per heavy atom. The Hall–Kier alpha value is -1.72. The number of H-pyrrole nitrogens is 1. The van der Waals surface area contributed by atoms with Crippen molar-refractivity contribution in [2.45, 2.75) is 19.5 Å². The van der Waals surface area contributed by atoms with E-state index in [0.717, 1.165) is 11.3 Å². The molecule has 2 amide bonds. The maximum Gasteiger partial charge on any atom is 0.317 e. The van der Waals surface area contributed by atoms with E-state index in [9.17, 15) is 4.79 Å². The molecule has 2 aromatic rings. The van der Waals surface area contributed by atoms with Crippen molar-refractivity contribution in [2.75, 3.05) is 7.05 Å². The van der Waals surface area contributed by atoms with Gasteiger partial charge < -0.3 is 15.2 Å². The van der Waals surface area contributed by atoms with Crippen molar-refractivity contribution in [3.8, 4) is 0 Å². The number of nitrogens with zero attached hydrogens (tertiary/aromatic N) is 2. The number of amides is 2. The topological polar surface area (TPSA) is 61.0 Å². The van der Waals surface area contributed by atoms with Gasteiger partial charge in [-0.3, -0.25) is 0 Å². The van der Waals surface area contributed by atoms with Crippen LogP contribution in [-0.2, 0) is 6.54 Å². The lowest BCUT2D eigenvalue weighted by Crippen LogP contribution is -2.38. The fraction of sp³-hybridized carbons (Fsp3) is 0.286. The van der Waals surface area contributed by atoms with Crippen LogP contribution < -0.4 is 5.32 Å². The molecular weight excluding hydrogens is 311 g/mol. The molecule has 1 atom stereocenters. The van der Waals surface area contributed by atoms with Crippen LogP contribution in [0.4, 0.5) is 4.79 Å². The van der Waals surface area contributed by atoms with Gasteiger partial charge in [-0.1, -0.05) is 35.3 Å². The van der Waals surface area contributed by atoms with Crippen molar-refractivity contribution in [2.24, 2.45) is 0 Å². The lowest BCUT2D eigenvalue weighted by molar-refractivity contribution is 0.203. The molecule has 1 unspecified atom stereocenters. The molecule has 0 spiro atoms. The largest absolute Gasteiger partial charge is 0.347 e. The lowest BCUT2D eigenvalue weighted by Gasteiger charge is -2.22. The zero-order valence-corrected chi connectivity index (χ0v) is 13.2. The molecule has 5 nitrogen and oxygen atoms in total. The number of urea groups is 1. The highest BCUT2D eigenvalue weighted by Gasteiger charge is 2.17. The molecule has 0 aliphatic heterocycles. The van der Waals surface area contributed by atoms with Crippen molar-refractivity contribution < 1.29 is 4.79 Å². The van der Waals surface area contributed by atoms with Crippen molar-refractivity contribution in [3.05, 3.63) is 52.0 Å². The van der Waals surface area contributed by atoms with E-state index in [1.807, 2.05) is 13.0 Å². The number of hydrogen-bond donors (Lipinski definition) is 2. The normalized spacial score (nSPS) is 12.0. The van der Waals surface area contributed by atoms with Crippen LogP contribution in [0, 0.1) is 0 Å². The summed E-state index contributed by atoms with van der Waals surface area (Å²) in [6.07, 6.45) is 3.26. The van der Waals surface area contributed by atoms with Gasteiger partial charge in [0.1, 0.15) is 0 Å². The summed E-state index contributed by atoms with van der Waals surface area (Å²) in [5, 5.41) is 3.82. The molecule has 1 aromatic carbocycles. The summed E-state index contributed by atoms with van der Waals surface area (Å²) in [6.45, 7) is 2.31. The zero-order valence-electron chi connectivity index (χ0n) is 11.7. The van der Waals surface area contributed by atoms with Gasteiger partial charge in [-0.2, -0.15) is 0 Å². The quantitative estimate of drug-likeness (QED) is 0.901. The zero-order chi connectivity index (χ0) is 15.4. The molecular formula is C14H16Cl2N4O. The maximum absolute atomic E-state index is 12.2. The standard InChI is InChI=1S/C14H16Cl2N4O/c1-9(11-4-3-5-12(15)13(11)16)19-14(21)20(2)7-10-6-17-8-18-10/h3-6,8-9H,7H2,1-2H3,(H,17,18)(H,19,21). The number of aromatic amines is 1. The average Bonchev–Trinajstić information content (AvgIpc) is 2.94. The van der Waals surface area contributed by atoms with Crippen molar-refractivity contribution in [1.29, 1.82) is 0 Å². The Labute approximate surface area is 133 Å². The van der Waals surface area contributed by atoms with Crippen LogP contribution in [0.15, 0.2) is 30.7 Å². The molecule has 0 saturated heterocycles. The van der Waals surface area contributed by atoms with Crippen LogP contribution in [0.5, 0.6) is 0 Å². The lowest BCUT2D eigenvalue weighted by atomic mass is 10.1. The van der Waals surface area contributed by atoms with E-state index in [0.29, 0.717) is 16.6 Å². The fourth-order valence-corrected chi connectivity index (χ4v) is 2.40. The smallest absolute Gasteiger partial charge is 0.317 e. The number of aromatic nitrogens is 2. The molecule has 1 heterocycles. The van der Waals surface area contributed by atoms with E-state index in [2.05, 4.69) is 15.3 Å². The summed E-state index contributed by atoms with van der Waals surface area (Å²) in [5.41, 5.74) is 1.65. The third kappa shape index (κ3) is 3.89. The summed E-state index contributed by atoms with van der Waals surface area (Å²) >= 11 is 12.1. The SMILES string of the molecule is CC(NC(=O)N(C)Cc1cnc[nH]1)c1cccc(Cl)c1Cl. The highest BCUT2D eigenvalue weighted by atomic mass is 35.5. The second-order valence-corrected chi connectivity index (χ2v) is 5.53. The first-order valence-electron chi connectivity index (χ1n) is 6.42. The summed E-state index contributed by atoms with van der Waals surface area (Å²) < 4.78 is 0. The number of hydrogen-bond acceptors (Lipinski definition) is 2. The summed E-state index contributed by atoms with van der Waals surface area (Å²) in [7, 11) is 1.71. The van der Waals surface area contributed by atoms with Gasteiger partial charge in [0.2, 0.25) is 0 Å². The van der Waals surface area contributed by atoms with Crippen molar-refractivity contribution >= 4 is 29.2 Å². The molecule has 0 aliphatic rings. The molecule has 21 heavy (non-hydrogen) atoms.